The Labute approximate surface area is 117 Å². The van der Waals surface area contributed by atoms with Gasteiger partial charge in [0.1, 0.15) is 4.33 Å². The molecule has 1 fully saturated rings. The highest BCUT2D eigenvalue weighted by Crippen LogP contribution is 2.51. The lowest BCUT2D eigenvalue weighted by Gasteiger charge is -2.28. The number of alkyl halides is 2. The zero-order chi connectivity index (χ0) is 13.4. The van der Waals surface area contributed by atoms with Crippen LogP contribution < -0.4 is 0 Å². The number of nitrogens with zero attached hydrogens (tertiary/aromatic N) is 1. The molecule has 1 aliphatic carbocycles. The Hall–Kier alpha value is -0.0600. The number of methoxy groups -OCH3 is 1. The molecule has 0 aliphatic heterocycles. The monoisotopic (exact) mass is 297 g/mol. The van der Waals surface area contributed by atoms with Gasteiger partial charge < -0.3 is 9.64 Å². The van der Waals surface area contributed by atoms with Crippen molar-refractivity contribution in [3.8, 4) is 0 Å². The molecule has 6 heteroatoms. The number of halogens is 2. The van der Waals surface area contributed by atoms with Crippen molar-refractivity contribution >= 4 is 46.4 Å². The summed E-state index contributed by atoms with van der Waals surface area (Å²) in [5.41, 5.74) is 0. The molecule has 3 atom stereocenters. The first-order valence-electron chi connectivity index (χ1n) is 5.39. The van der Waals surface area contributed by atoms with Crippen molar-refractivity contribution in [3.63, 3.8) is 0 Å². The lowest BCUT2D eigenvalue weighted by Crippen LogP contribution is -2.37. The van der Waals surface area contributed by atoms with Gasteiger partial charge in [-0.25, -0.2) is 0 Å². The molecule has 0 spiro atoms. The van der Waals surface area contributed by atoms with Crippen molar-refractivity contribution < 1.29 is 9.53 Å². The number of hydrogen-bond donors (Lipinski definition) is 0. The highest BCUT2D eigenvalue weighted by molar-refractivity contribution is 7.80. The number of rotatable bonds is 2. The first kappa shape index (κ1) is 15.0. The van der Waals surface area contributed by atoms with Gasteiger partial charge in [0.2, 0.25) is 0 Å². The van der Waals surface area contributed by atoms with Crippen molar-refractivity contribution in [3.05, 3.63) is 0 Å². The summed E-state index contributed by atoms with van der Waals surface area (Å²) < 4.78 is 3.87. The van der Waals surface area contributed by atoms with Gasteiger partial charge in [0.05, 0.1) is 18.0 Å². The summed E-state index contributed by atoms with van der Waals surface area (Å²) in [5.74, 6) is -0.888. The van der Waals surface area contributed by atoms with E-state index in [1.54, 1.807) is 0 Å². The number of carbonyl (C=O) groups excluding carboxylic acids is 1. The Morgan fingerprint density at radius 3 is 2.41 bits per heavy atom. The first-order chi connectivity index (χ1) is 7.72. The minimum atomic E-state index is -0.927. The van der Waals surface area contributed by atoms with Gasteiger partial charge >= 0.3 is 5.97 Å². The minimum absolute atomic E-state index is 0.0789. The van der Waals surface area contributed by atoms with Crippen LogP contribution in [0.3, 0.4) is 0 Å². The second-order valence-electron chi connectivity index (χ2n) is 4.64. The van der Waals surface area contributed by atoms with Crippen LogP contribution in [0.2, 0.25) is 0 Å². The molecule has 0 aromatic rings. The first-order valence-corrected chi connectivity index (χ1v) is 6.55. The molecule has 0 bridgehead atoms. The Kier molecular flexibility index (Phi) is 4.67. The Bertz CT molecular complexity index is 333. The number of carbonyl (C=O) groups is 1. The van der Waals surface area contributed by atoms with Crippen molar-refractivity contribution in [1.29, 1.82) is 0 Å². The van der Waals surface area contributed by atoms with E-state index in [0.717, 1.165) is 0 Å². The van der Waals surface area contributed by atoms with E-state index >= 15 is 0 Å². The minimum Gasteiger partial charge on any atom is -0.469 e. The van der Waals surface area contributed by atoms with Crippen LogP contribution >= 0.6 is 35.4 Å². The molecule has 0 radical (unpaired) electrons. The predicted molar refractivity (Wildman–Crippen MR) is 73.5 cm³/mol. The average Bonchev–Trinajstić information content (AvgIpc) is 2.48. The number of hydrogen-bond acceptors (Lipinski definition) is 3. The van der Waals surface area contributed by atoms with Crippen LogP contribution in [0.25, 0.3) is 0 Å². The fourth-order valence-electron chi connectivity index (χ4n) is 2.28. The maximum absolute atomic E-state index is 11.8. The van der Waals surface area contributed by atoms with Gasteiger partial charge in [0.15, 0.2) is 0 Å². The molecule has 0 N–H and O–H groups in total. The maximum Gasteiger partial charge on any atom is 0.309 e. The third-order valence-corrected chi connectivity index (χ3v) is 4.99. The topological polar surface area (TPSA) is 29.5 Å². The van der Waals surface area contributed by atoms with E-state index in [1.165, 1.54) is 7.11 Å². The molecule has 17 heavy (non-hydrogen) atoms. The molecule has 0 heterocycles. The second-order valence-corrected chi connectivity index (χ2v) is 6.60. The van der Waals surface area contributed by atoms with E-state index in [9.17, 15) is 4.79 Å². The van der Waals surface area contributed by atoms with E-state index in [4.69, 9.17) is 40.2 Å². The summed E-state index contributed by atoms with van der Waals surface area (Å²) in [7, 11) is 5.07. The van der Waals surface area contributed by atoms with Crippen LogP contribution in [0.5, 0.6) is 0 Å². The van der Waals surface area contributed by atoms with E-state index in [1.807, 2.05) is 25.9 Å². The van der Waals surface area contributed by atoms with Crippen molar-refractivity contribution in [2.75, 3.05) is 21.2 Å². The summed E-state index contributed by atoms with van der Waals surface area (Å²) in [4.78, 5) is 14.3. The van der Waals surface area contributed by atoms with Crippen LogP contribution in [0.1, 0.15) is 13.3 Å². The lowest BCUT2D eigenvalue weighted by molar-refractivity contribution is -0.146. The Morgan fingerprint density at radius 2 is 2.00 bits per heavy atom. The number of ether oxygens (including phenoxy) is 1. The zero-order valence-electron chi connectivity index (χ0n) is 10.4. The predicted octanol–water partition coefficient (Wildman–Crippen LogP) is 2.49. The van der Waals surface area contributed by atoms with Gasteiger partial charge in [-0.15, -0.1) is 23.2 Å². The summed E-state index contributed by atoms with van der Waals surface area (Å²) >= 11 is 17.8. The molecule has 1 rings (SSSR count). The van der Waals surface area contributed by atoms with Gasteiger partial charge in [0.25, 0.3) is 0 Å². The molecule has 0 unspecified atom stereocenters. The maximum atomic E-state index is 11.8. The molecule has 0 saturated heterocycles. The lowest BCUT2D eigenvalue weighted by atomic mass is 9.90. The van der Waals surface area contributed by atoms with Gasteiger partial charge in [-0.05, 0) is 12.3 Å². The quantitative estimate of drug-likeness (QED) is 0.445. The fourth-order valence-corrected chi connectivity index (χ4v) is 3.25. The molecule has 1 saturated carbocycles. The van der Waals surface area contributed by atoms with Crippen LogP contribution in [0.4, 0.5) is 0 Å². The normalized spacial score (nSPS) is 31.1. The molecular formula is C11H17Cl2NO2S. The third kappa shape index (κ3) is 2.85. The molecule has 1 aliphatic rings. The van der Waals surface area contributed by atoms with Gasteiger partial charge in [0, 0.05) is 20.0 Å². The summed E-state index contributed by atoms with van der Waals surface area (Å²) in [5, 5.41) is 0. The number of esters is 1. The van der Waals surface area contributed by atoms with E-state index < -0.39 is 4.33 Å². The summed E-state index contributed by atoms with van der Waals surface area (Å²) in [6.45, 7) is 1.92. The van der Waals surface area contributed by atoms with Crippen LogP contribution in [0, 0.1) is 17.8 Å². The second kappa shape index (κ2) is 5.29. The molecule has 0 aromatic heterocycles. The van der Waals surface area contributed by atoms with Crippen LogP contribution in [-0.4, -0.2) is 41.4 Å². The third-order valence-electron chi connectivity index (χ3n) is 3.36. The van der Waals surface area contributed by atoms with Gasteiger partial charge in [-0.2, -0.15) is 0 Å². The molecule has 98 valence electrons. The smallest absolute Gasteiger partial charge is 0.309 e. The zero-order valence-corrected chi connectivity index (χ0v) is 12.7. The van der Waals surface area contributed by atoms with Gasteiger partial charge in [-0.3, -0.25) is 4.79 Å². The SMILES string of the molecule is COC(=O)[C@@H]1CC(Cl)(Cl)[C@H](C)[C@H]1C(=S)N(C)C. The molecule has 0 amide bonds. The average molecular weight is 298 g/mol. The Morgan fingerprint density at radius 1 is 1.47 bits per heavy atom. The van der Waals surface area contributed by atoms with E-state index in [0.29, 0.717) is 11.4 Å². The molecule has 0 aromatic carbocycles. The van der Waals surface area contributed by atoms with Crippen LogP contribution in [0.15, 0.2) is 0 Å². The van der Waals surface area contributed by atoms with Crippen LogP contribution in [-0.2, 0) is 9.53 Å². The highest BCUT2D eigenvalue weighted by Gasteiger charge is 2.54. The van der Waals surface area contributed by atoms with E-state index in [2.05, 4.69) is 0 Å². The highest BCUT2D eigenvalue weighted by atomic mass is 35.5. The fraction of sp³-hybridized carbons (Fsp3) is 0.818. The van der Waals surface area contributed by atoms with Crippen molar-refractivity contribution in [2.45, 2.75) is 17.7 Å². The summed E-state index contributed by atoms with van der Waals surface area (Å²) in [6, 6.07) is 0. The number of thiocarbonyl (C=S) groups is 1. The molecule has 3 nitrogen and oxygen atoms in total. The summed E-state index contributed by atoms with van der Waals surface area (Å²) in [6.07, 6.45) is 0.378. The molecular weight excluding hydrogens is 281 g/mol. The van der Waals surface area contributed by atoms with Gasteiger partial charge in [-0.1, -0.05) is 19.1 Å². The largest absolute Gasteiger partial charge is 0.469 e. The van der Waals surface area contributed by atoms with E-state index in [-0.39, 0.29) is 23.7 Å². The Balaban J connectivity index is 3.04. The van der Waals surface area contributed by atoms with Crippen molar-refractivity contribution in [1.82, 2.24) is 4.90 Å². The standard InChI is InChI=1S/C11H17Cl2NO2S/c1-6-8(9(17)14(2)3)7(10(15)16-4)5-11(6,12)13/h6-8H,5H2,1-4H3/t6-,7-,8-/m1/s1. The van der Waals surface area contributed by atoms with Crippen molar-refractivity contribution in [2.24, 2.45) is 17.8 Å².